The van der Waals surface area contributed by atoms with Crippen LogP contribution in [0.25, 0.3) is 11.1 Å². The molecular weight excluding hydrogens is 543 g/mol. The van der Waals surface area contributed by atoms with Gasteiger partial charge in [-0.05, 0) is 131 Å². The van der Waals surface area contributed by atoms with Gasteiger partial charge in [0.1, 0.15) is 5.82 Å². The fourth-order valence-electron chi connectivity index (χ4n) is 7.89. The Hall–Kier alpha value is -3.26. The number of amides is 1. The number of carbonyl (C=O) groups excluding carboxylic acids is 1. The highest BCUT2D eigenvalue weighted by atomic mass is 19.1. The van der Waals surface area contributed by atoms with Crippen molar-refractivity contribution in [2.75, 3.05) is 18.6 Å². The van der Waals surface area contributed by atoms with Gasteiger partial charge >= 0.3 is 0 Å². The fraction of sp³-hybridized carbons (Fsp3) is 0.571. The molecule has 4 aliphatic carbocycles. The lowest BCUT2D eigenvalue weighted by Gasteiger charge is -2.55. The molecule has 2 aromatic heterocycles. The van der Waals surface area contributed by atoms with Crippen LogP contribution in [0.4, 0.5) is 10.2 Å². The first-order chi connectivity index (χ1) is 20.6. The molecule has 1 aromatic carbocycles. The minimum absolute atomic E-state index is 0.00582. The maximum Gasteiger partial charge on any atom is 0.231 e. The molecule has 230 valence electrons. The fourth-order valence-corrected chi connectivity index (χ4v) is 7.89. The molecule has 0 aliphatic heterocycles. The average Bonchev–Trinajstić information content (AvgIpc) is 3.52. The van der Waals surface area contributed by atoms with Gasteiger partial charge in [0.15, 0.2) is 11.6 Å². The van der Waals surface area contributed by atoms with E-state index in [4.69, 9.17) is 9.72 Å². The highest BCUT2D eigenvalue weighted by Crippen LogP contribution is 2.58. The number of aliphatic hydroxyl groups excluding tert-OH is 1. The van der Waals surface area contributed by atoms with Crippen molar-refractivity contribution in [3.63, 3.8) is 0 Å². The maximum absolute atomic E-state index is 14.9. The van der Waals surface area contributed by atoms with Crippen LogP contribution in [-0.2, 0) is 10.2 Å². The highest BCUT2D eigenvalue weighted by molar-refractivity contribution is 5.95. The molecule has 0 saturated heterocycles. The van der Waals surface area contributed by atoms with Crippen LogP contribution in [0.1, 0.15) is 95.2 Å². The van der Waals surface area contributed by atoms with E-state index in [1.165, 1.54) is 7.11 Å². The van der Waals surface area contributed by atoms with E-state index in [2.05, 4.69) is 25.0 Å². The zero-order chi connectivity index (χ0) is 30.4. The van der Waals surface area contributed by atoms with Gasteiger partial charge in [-0.15, -0.1) is 0 Å². The van der Waals surface area contributed by atoms with E-state index in [9.17, 15) is 14.3 Å². The number of anilines is 1. The standard InChI is InChI=1S/C35H45FN4O3/c1-23(2)40-21-27(20-38-40)26-9-16-37-31(18-26)39(33(42)25-5-7-29(41)8-6-25)22-34-10-13-35(14-11-34,15-12-34)28-17-24(3)32(43-4)30(36)19-28/h9,16-21,23,25,29,41H,5-8,10-15,22H2,1-4H3. The summed E-state index contributed by atoms with van der Waals surface area (Å²) in [6, 6.07) is 8.08. The van der Waals surface area contributed by atoms with Gasteiger partial charge in [0.25, 0.3) is 0 Å². The number of hydrogen-bond donors (Lipinski definition) is 1. The average molecular weight is 589 g/mol. The summed E-state index contributed by atoms with van der Waals surface area (Å²) in [7, 11) is 1.52. The number of ether oxygens (including phenoxy) is 1. The molecule has 7 nitrogen and oxygen atoms in total. The second-order valence-electron chi connectivity index (χ2n) is 13.7. The Morgan fingerprint density at radius 3 is 2.40 bits per heavy atom. The zero-order valence-corrected chi connectivity index (χ0v) is 26.0. The lowest BCUT2D eigenvalue weighted by atomic mass is 9.51. The van der Waals surface area contributed by atoms with Crippen LogP contribution in [0.3, 0.4) is 0 Å². The van der Waals surface area contributed by atoms with Crippen LogP contribution in [0.5, 0.6) is 5.75 Å². The molecule has 1 N–H and O–H groups in total. The van der Waals surface area contributed by atoms with E-state index in [1.54, 1.807) is 12.3 Å². The van der Waals surface area contributed by atoms with Crippen molar-refractivity contribution in [1.29, 1.82) is 0 Å². The maximum atomic E-state index is 14.9. The topological polar surface area (TPSA) is 80.5 Å². The number of benzene rings is 1. The molecule has 0 atom stereocenters. The SMILES string of the molecule is COc1c(C)cc(C23CCC(CN(C(=O)C4CCC(O)CC4)c4cc(-c5cnn(C(C)C)c5)ccn4)(CC2)CC3)cc1F. The first-order valence-electron chi connectivity index (χ1n) is 16.0. The molecule has 43 heavy (non-hydrogen) atoms. The van der Waals surface area contributed by atoms with Crippen molar-refractivity contribution in [2.24, 2.45) is 11.3 Å². The zero-order valence-electron chi connectivity index (χ0n) is 26.0. The van der Waals surface area contributed by atoms with Gasteiger partial charge < -0.3 is 9.84 Å². The largest absolute Gasteiger partial charge is 0.493 e. The number of aryl methyl sites for hydroxylation is 1. The number of rotatable bonds is 8. The Morgan fingerprint density at radius 2 is 1.79 bits per heavy atom. The van der Waals surface area contributed by atoms with Crippen molar-refractivity contribution in [3.8, 4) is 16.9 Å². The quantitative estimate of drug-likeness (QED) is 0.302. The van der Waals surface area contributed by atoms with E-state index in [-0.39, 0.29) is 40.6 Å². The van der Waals surface area contributed by atoms with Crippen LogP contribution >= 0.6 is 0 Å². The Labute approximate surface area is 254 Å². The summed E-state index contributed by atoms with van der Waals surface area (Å²) in [5.74, 6) is 0.755. The Kier molecular flexibility index (Phi) is 8.09. The third-order valence-corrected chi connectivity index (χ3v) is 10.7. The van der Waals surface area contributed by atoms with Crippen molar-refractivity contribution in [3.05, 3.63) is 59.8 Å². The number of nitrogens with zero attached hydrogens (tertiary/aromatic N) is 4. The second kappa shape index (κ2) is 11.7. The number of aliphatic hydroxyl groups is 1. The summed E-state index contributed by atoms with van der Waals surface area (Å²) in [5.41, 5.74) is 3.91. The number of pyridine rings is 1. The molecule has 2 bridgehead atoms. The van der Waals surface area contributed by atoms with Gasteiger partial charge in [-0.25, -0.2) is 9.37 Å². The van der Waals surface area contributed by atoms with Crippen molar-refractivity contribution < 1.29 is 19.0 Å². The summed E-state index contributed by atoms with van der Waals surface area (Å²) in [6.07, 6.45) is 14.1. The highest BCUT2D eigenvalue weighted by Gasteiger charge is 2.51. The molecule has 0 unspecified atom stereocenters. The van der Waals surface area contributed by atoms with E-state index in [0.717, 1.165) is 60.8 Å². The van der Waals surface area contributed by atoms with E-state index < -0.39 is 0 Å². The number of fused-ring (bicyclic) bond motifs is 3. The molecule has 4 fully saturated rings. The van der Waals surface area contributed by atoms with Crippen LogP contribution in [0, 0.1) is 24.1 Å². The third-order valence-electron chi connectivity index (χ3n) is 10.7. The smallest absolute Gasteiger partial charge is 0.231 e. The third kappa shape index (κ3) is 5.70. The molecule has 4 saturated carbocycles. The molecule has 1 amide bonds. The lowest BCUT2D eigenvalue weighted by molar-refractivity contribution is -0.124. The monoisotopic (exact) mass is 588 g/mol. The first kappa shape index (κ1) is 29.8. The van der Waals surface area contributed by atoms with Crippen molar-refractivity contribution in [1.82, 2.24) is 14.8 Å². The van der Waals surface area contributed by atoms with Gasteiger partial charge in [0.05, 0.1) is 19.4 Å². The summed E-state index contributed by atoms with van der Waals surface area (Å²) in [5, 5.41) is 14.6. The van der Waals surface area contributed by atoms with Crippen LogP contribution in [0.2, 0.25) is 0 Å². The number of hydrogen-bond acceptors (Lipinski definition) is 5. The Morgan fingerprint density at radius 1 is 1.09 bits per heavy atom. The molecule has 0 spiro atoms. The minimum Gasteiger partial charge on any atom is -0.493 e. The van der Waals surface area contributed by atoms with Crippen LogP contribution in [-0.4, -0.2) is 45.5 Å². The molecule has 3 aromatic rings. The van der Waals surface area contributed by atoms with E-state index in [1.807, 2.05) is 41.0 Å². The van der Waals surface area contributed by atoms with Crippen molar-refractivity contribution in [2.45, 2.75) is 103 Å². The van der Waals surface area contributed by atoms with Gasteiger partial charge in [-0.1, -0.05) is 6.07 Å². The lowest BCUT2D eigenvalue weighted by Crippen LogP contribution is -2.52. The van der Waals surface area contributed by atoms with E-state index >= 15 is 0 Å². The Balaban J connectivity index is 1.27. The number of halogens is 1. The summed E-state index contributed by atoms with van der Waals surface area (Å²) < 4.78 is 22.1. The van der Waals surface area contributed by atoms with Crippen LogP contribution < -0.4 is 9.64 Å². The normalized spacial score (nSPS) is 27.0. The Bertz CT molecular complexity index is 1430. The summed E-state index contributed by atoms with van der Waals surface area (Å²) >= 11 is 0. The van der Waals surface area contributed by atoms with Crippen LogP contribution in [0.15, 0.2) is 42.9 Å². The molecule has 8 heteroatoms. The predicted molar refractivity (Wildman–Crippen MR) is 166 cm³/mol. The molecular formula is C35H45FN4O3. The minimum atomic E-state index is -0.314. The predicted octanol–water partition coefficient (Wildman–Crippen LogP) is 7.16. The molecule has 0 radical (unpaired) electrons. The van der Waals surface area contributed by atoms with Gasteiger partial charge in [0, 0.05) is 36.5 Å². The summed E-state index contributed by atoms with van der Waals surface area (Å²) in [6.45, 7) is 6.76. The molecule has 2 heterocycles. The number of carbonyl (C=O) groups is 1. The number of aromatic nitrogens is 3. The second-order valence-corrected chi connectivity index (χ2v) is 13.7. The van der Waals surface area contributed by atoms with Gasteiger partial charge in [-0.2, -0.15) is 5.10 Å². The molecule has 4 aliphatic rings. The van der Waals surface area contributed by atoms with Gasteiger partial charge in [0.2, 0.25) is 5.91 Å². The first-order valence-corrected chi connectivity index (χ1v) is 16.0. The van der Waals surface area contributed by atoms with Gasteiger partial charge in [-0.3, -0.25) is 14.4 Å². The van der Waals surface area contributed by atoms with E-state index in [0.29, 0.717) is 43.8 Å². The number of methoxy groups -OCH3 is 1. The summed E-state index contributed by atoms with van der Waals surface area (Å²) in [4.78, 5) is 21.0. The van der Waals surface area contributed by atoms with Crippen molar-refractivity contribution >= 4 is 11.7 Å². The molecule has 7 rings (SSSR count).